The molecule has 20 heavy (non-hydrogen) atoms. The Labute approximate surface area is 122 Å². The van der Waals surface area contributed by atoms with E-state index in [1.807, 2.05) is 6.20 Å². The Morgan fingerprint density at radius 1 is 1.55 bits per heavy atom. The van der Waals surface area contributed by atoms with Crippen molar-refractivity contribution in [3.8, 4) is 0 Å². The molecule has 0 radical (unpaired) electrons. The van der Waals surface area contributed by atoms with Crippen molar-refractivity contribution >= 4 is 17.2 Å². The van der Waals surface area contributed by atoms with E-state index in [0.717, 1.165) is 44.5 Å². The molecule has 0 aromatic carbocycles. The standard InChI is InChI=1S/C15H19N3OS/c19-15(18-7-2-5-14-16-8-9-17-14)12-3-1-4-13-11(12)6-10-20-13/h6,8-10,12H,1-5,7H2,(H,16,17)(H,18,19). The van der Waals surface area contributed by atoms with Gasteiger partial charge >= 0.3 is 0 Å². The number of carbonyl (C=O) groups is 1. The van der Waals surface area contributed by atoms with Gasteiger partial charge in [0.1, 0.15) is 5.82 Å². The lowest BCUT2D eigenvalue weighted by Gasteiger charge is -2.21. The number of rotatable bonds is 5. The topological polar surface area (TPSA) is 57.8 Å². The second kappa shape index (κ2) is 6.22. The number of hydrogen-bond donors (Lipinski definition) is 2. The lowest BCUT2D eigenvalue weighted by molar-refractivity contribution is -0.122. The van der Waals surface area contributed by atoms with Gasteiger partial charge in [-0.2, -0.15) is 0 Å². The van der Waals surface area contributed by atoms with E-state index in [1.165, 1.54) is 10.4 Å². The number of carbonyl (C=O) groups excluding carboxylic acids is 1. The number of aryl methyl sites for hydroxylation is 2. The molecule has 1 amide bonds. The Morgan fingerprint density at radius 3 is 3.35 bits per heavy atom. The molecule has 106 valence electrons. The second-order valence-corrected chi connectivity index (χ2v) is 6.18. The van der Waals surface area contributed by atoms with Crippen LogP contribution in [-0.4, -0.2) is 22.4 Å². The van der Waals surface area contributed by atoms with E-state index in [2.05, 4.69) is 26.7 Å². The van der Waals surface area contributed by atoms with Crippen LogP contribution in [0, 0.1) is 0 Å². The zero-order valence-electron chi connectivity index (χ0n) is 11.4. The van der Waals surface area contributed by atoms with E-state index < -0.39 is 0 Å². The van der Waals surface area contributed by atoms with Crippen molar-refractivity contribution in [3.05, 3.63) is 40.1 Å². The zero-order valence-corrected chi connectivity index (χ0v) is 12.2. The number of thiophene rings is 1. The molecule has 2 heterocycles. The number of amides is 1. The van der Waals surface area contributed by atoms with Gasteiger partial charge in [-0.3, -0.25) is 4.79 Å². The third-order valence-electron chi connectivity index (χ3n) is 3.81. The molecule has 2 aromatic heterocycles. The number of nitrogens with zero attached hydrogens (tertiary/aromatic N) is 1. The number of aromatic nitrogens is 2. The summed E-state index contributed by atoms with van der Waals surface area (Å²) in [6.07, 6.45) is 8.62. The van der Waals surface area contributed by atoms with Crippen molar-refractivity contribution in [1.82, 2.24) is 15.3 Å². The zero-order chi connectivity index (χ0) is 13.8. The summed E-state index contributed by atoms with van der Waals surface area (Å²) >= 11 is 1.78. The van der Waals surface area contributed by atoms with Gasteiger partial charge in [0, 0.05) is 30.2 Å². The minimum atomic E-state index is 0.0635. The minimum Gasteiger partial charge on any atom is -0.356 e. The summed E-state index contributed by atoms with van der Waals surface area (Å²) in [5.41, 5.74) is 1.25. The van der Waals surface area contributed by atoms with Crippen LogP contribution in [0.3, 0.4) is 0 Å². The van der Waals surface area contributed by atoms with Crippen LogP contribution in [0.1, 0.15) is 41.4 Å². The highest BCUT2D eigenvalue weighted by Gasteiger charge is 2.26. The molecule has 0 bridgehead atoms. The molecule has 1 aliphatic rings. The number of aromatic amines is 1. The third kappa shape index (κ3) is 2.93. The van der Waals surface area contributed by atoms with Gasteiger partial charge < -0.3 is 10.3 Å². The van der Waals surface area contributed by atoms with Gasteiger partial charge in [0.25, 0.3) is 0 Å². The third-order valence-corrected chi connectivity index (χ3v) is 4.81. The number of hydrogen-bond acceptors (Lipinski definition) is 3. The largest absolute Gasteiger partial charge is 0.356 e. The van der Waals surface area contributed by atoms with Crippen LogP contribution in [0.4, 0.5) is 0 Å². The Hall–Kier alpha value is -1.62. The molecule has 0 spiro atoms. The maximum Gasteiger partial charge on any atom is 0.227 e. The average Bonchev–Trinajstić information content (AvgIpc) is 3.13. The van der Waals surface area contributed by atoms with Crippen molar-refractivity contribution < 1.29 is 4.79 Å². The smallest absolute Gasteiger partial charge is 0.227 e. The maximum atomic E-state index is 12.3. The van der Waals surface area contributed by atoms with E-state index in [1.54, 1.807) is 17.5 Å². The first kappa shape index (κ1) is 13.4. The van der Waals surface area contributed by atoms with Gasteiger partial charge in [0.15, 0.2) is 0 Å². The highest BCUT2D eigenvalue weighted by molar-refractivity contribution is 7.10. The second-order valence-electron chi connectivity index (χ2n) is 5.17. The summed E-state index contributed by atoms with van der Waals surface area (Å²) in [6.45, 7) is 0.718. The normalized spacial score (nSPS) is 17.7. The Morgan fingerprint density at radius 2 is 2.50 bits per heavy atom. The SMILES string of the molecule is O=C(NCCCc1ncc[nH]1)C1CCCc2sccc21. The minimum absolute atomic E-state index is 0.0635. The molecule has 0 saturated carbocycles. The molecular formula is C15H19N3OS. The summed E-state index contributed by atoms with van der Waals surface area (Å²) in [5, 5.41) is 5.17. The van der Waals surface area contributed by atoms with Crippen molar-refractivity contribution in [3.63, 3.8) is 0 Å². The lowest BCUT2D eigenvalue weighted by Crippen LogP contribution is -2.31. The summed E-state index contributed by atoms with van der Waals surface area (Å²) in [5.74, 6) is 1.23. The quantitative estimate of drug-likeness (QED) is 0.831. The number of H-pyrrole nitrogens is 1. The number of fused-ring (bicyclic) bond motifs is 1. The first-order valence-electron chi connectivity index (χ1n) is 7.17. The van der Waals surface area contributed by atoms with Crippen LogP contribution < -0.4 is 5.32 Å². The predicted octanol–water partition coefficient (Wildman–Crippen LogP) is 2.64. The van der Waals surface area contributed by atoms with E-state index in [9.17, 15) is 4.79 Å². The Kier molecular flexibility index (Phi) is 4.16. The fourth-order valence-electron chi connectivity index (χ4n) is 2.78. The first-order chi connectivity index (χ1) is 9.84. The van der Waals surface area contributed by atoms with Crippen LogP contribution in [0.2, 0.25) is 0 Å². The lowest BCUT2D eigenvalue weighted by atomic mass is 9.87. The molecule has 1 unspecified atom stereocenters. The van der Waals surface area contributed by atoms with Gasteiger partial charge in [0.05, 0.1) is 5.92 Å². The highest BCUT2D eigenvalue weighted by Crippen LogP contribution is 2.34. The summed E-state index contributed by atoms with van der Waals surface area (Å²) in [7, 11) is 0. The molecule has 5 heteroatoms. The monoisotopic (exact) mass is 289 g/mol. The van der Waals surface area contributed by atoms with Gasteiger partial charge in [-0.05, 0) is 42.7 Å². The van der Waals surface area contributed by atoms with Crippen molar-refractivity contribution in [2.24, 2.45) is 0 Å². The predicted molar refractivity (Wildman–Crippen MR) is 79.9 cm³/mol. The van der Waals surface area contributed by atoms with E-state index in [-0.39, 0.29) is 11.8 Å². The van der Waals surface area contributed by atoms with E-state index in [4.69, 9.17) is 0 Å². The Bertz CT molecular complexity index is 561. The summed E-state index contributed by atoms with van der Waals surface area (Å²) < 4.78 is 0. The molecule has 1 aliphatic carbocycles. The van der Waals surface area contributed by atoms with Gasteiger partial charge in [-0.1, -0.05) is 0 Å². The first-order valence-corrected chi connectivity index (χ1v) is 8.05. The van der Waals surface area contributed by atoms with Gasteiger partial charge in [-0.15, -0.1) is 11.3 Å². The van der Waals surface area contributed by atoms with Crippen LogP contribution >= 0.6 is 11.3 Å². The van der Waals surface area contributed by atoms with Crippen molar-refractivity contribution in [2.45, 2.75) is 38.0 Å². The number of imidazole rings is 1. The fourth-order valence-corrected chi connectivity index (χ4v) is 3.77. The van der Waals surface area contributed by atoms with Crippen LogP contribution in [-0.2, 0) is 17.6 Å². The molecule has 1 atom stereocenters. The Balaban J connectivity index is 1.48. The van der Waals surface area contributed by atoms with Gasteiger partial charge in [0.2, 0.25) is 5.91 Å². The van der Waals surface area contributed by atoms with Crippen LogP contribution in [0.5, 0.6) is 0 Å². The van der Waals surface area contributed by atoms with Crippen molar-refractivity contribution in [1.29, 1.82) is 0 Å². The molecule has 2 N–H and O–H groups in total. The summed E-state index contributed by atoms with van der Waals surface area (Å²) in [4.78, 5) is 20.9. The molecule has 3 rings (SSSR count). The van der Waals surface area contributed by atoms with Crippen molar-refractivity contribution in [2.75, 3.05) is 6.54 Å². The van der Waals surface area contributed by atoms with Crippen LogP contribution in [0.25, 0.3) is 0 Å². The number of nitrogens with one attached hydrogen (secondary N) is 2. The fraction of sp³-hybridized carbons (Fsp3) is 0.467. The van der Waals surface area contributed by atoms with Crippen LogP contribution in [0.15, 0.2) is 23.8 Å². The molecule has 0 fully saturated rings. The highest BCUT2D eigenvalue weighted by atomic mass is 32.1. The maximum absolute atomic E-state index is 12.3. The average molecular weight is 289 g/mol. The molecule has 4 nitrogen and oxygen atoms in total. The summed E-state index contributed by atoms with van der Waals surface area (Å²) in [6, 6.07) is 2.12. The van der Waals surface area contributed by atoms with E-state index >= 15 is 0 Å². The molecule has 0 saturated heterocycles. The van der Waals surface area contributed by atoms with E-state index in [0.29, 0.717) is 0 Å². The molecule has 2 aromatic rings. The molecular weight excluding hydrogens is 270 g/mol. The van der Waals surface area contributed by atoms with Gasteiger partial charge in [-0.25, -0.2) is 4.98 Å². The molecule has 0 aliphatic heterocycles.